The Morgan fingerprint density at radius 1 is 1.18 bits per heavy atom. The number of piperazine rings is 1. The maximum atomic E-state index is 13.0. The first-order valence-corrected chi connectivity index (χ1v) is 12.0. The lowest BCUT2D eigenvalue weighted by Crippen LogP contribution is -2.53. The number of carbonyl (C=O) groups is 1. The van der Waals surface area contributed by atoms with Crippen molar-refractivity contribution in [2.75, 3.05) is 36.4 Å². The highest BCUT2D eigenvalue weighted by molar-refractivity contribution is 7.16. The number of halogens is 3. The summed E-state index contributed by atoms with van der Waals surface area (Å²) in [7, 11) is 0. The van der Waals surface area contributed by atoms with Gasteiger partial charge in [0, 0.05) is 37.3 Å². The number of thiophene rings is 1. The van der Waals surface area contributed by atoms with E-state index in [0.29, 0.717) is 42.6 Å². The summed E-state index contributed by atoms with van der Waals surface area (Å²) < 4.78 is 38.3. The number of hydrogen-bond acceptors (Lipinski definition) is 6. The van der Waals surface area contributed by atoms with Crippen LogP contribution in [0, 0.1) is 11.3 Å². The smallest absolute Gasteiger partial charge is 0.354 e. The second-order valence-electron chi connectivity index (χ2n) is 8.47. The molecule has 2 aromatic rings. The number of rotatable bonds is 4. The van der Waals surface area contributed by atoms with Crippen molar-refractivity contribution >= 4 is 28.1 Å². The molecule has 1 fully saturated rings. The van der Waals surface area contributed by atoms with Gasteiger partial charge in [-0.15, -0.1) is 11.3 Å². The quantitative estimate of drug-likeness (QED) is 0.659. The number of hydrogen-bond donors (Lipinski definition) is 1. The molecule has 4 rings (SSSR count). The summed E-state index contributed by atoms with van der Waals surface area (Å²) in [5.74, 6) is 0.350. The summed E-state index contributed by atoms with van der Waals surface area (Å²) in [6.07, 6.45) is 1.65. The van der Waals surface area contributed by atoms with E-state index >= 15 is 0 Å². The molecule has 0 spiro atoms. The van der Waals surface area contributed by atoms with Crippen LogP contribution in [0.1, 0.15) is 47.8 Å². The molecule has 0 aromatic carbocycles. The Balaban J connectivity index is 1.36. The van der Waals surface area contributed by atoms with Crippen LogP contribution in [0.3, 0.4) is 0 Å². The summed E-state index contributed by atoms with van der Waals surface area (Å²) in [4.78, 5) is 22.1. The highest BCUT2D eigenvalue weighted by Crippen LogP contribution is 2.37. The number of anilines is 2. The third-order valence-corrected chi connectivity index (χ3v) is 7.62. The molecular formula is C23H26F3N5OS. The Bertz CT molecular complexity index is 1040. The minimum atomic E-state index is -4.40. The standard InChI is InChI=1S/C23H26F3N5OS/c1-15(21(32)29-22-18(13-27)17-5-3-2-4-6-19(17)33-22)30-9-11-31(12-10-30)20-8-7-16(14-28-20)23(24,25)26/h7-8,14-15H,2-6,9-12H2,1H3,(H,29,32). The molecule has 0 bridgehead atoms. The van der Waals surface area contributed by atoms with Crippen LogP contribution in [0.15, 0.2) is 18.3 Å². The fourth-order valence-electron chi connectivity index (χ4n) is 4.41. The molecule has 3 heterocycles. The first kappa shape index (κ1) is 23.5. The molecule has 2 aliphatic rings. The van der Waals surface area contributed by atoms with Gasteiger partial charge < -0.3 is 10.2 Å². The van der Waals surface area contributed by atoms with Crippen molar-refractivity contribution in [2.45, 2.75) is 51.2 Å². The van der Waals surface area contributed by atoms with E-state index in [4.69, 9.17) is 0 Å². The highest BCUT2D eigenvalue weighted by Gasteiger charge is 2.32. The molecule has 1 aliphatic carbocycles. The number of alkyl halides is 3. The number of nitrogens with zero attached hydrogens (tertiary/aromatic N) is 4. The van der Waals surface area contributed by atoms with Gasteiger partial charge in [0.2, 0.25) is 5.91 Å². The molecule has 1 aliphatic heterocycles. The topological polar surface area (TPSA) is 72.3 Å². The van der Waals surface area contributed by atoms with Gasteiger partial charge in [-0.1, -0.05) is 6.42 Å². The van der Waals surface area contributed by atoms with E-state index in [1.807, 2.05) is 16.7 Å². The number of aryl methyl sites for hydroxylation is 1. The lowest BCUT2D eigenvalue weighted by Gasteiger charge is -2.38. The normalized spacial score (nSPS) is 18.2. The van der Waals surface area contributed by atoms with E-state index in [2.05, 4.69) is 16.4 Å². The second-order valence-corrected chi connectivity index (χ2v) is 9.58. The zero-order valence-corrected chi connectivity index (χ0v) is 19.2. The van der Waals surface area contributed by atoms with Crippen LogP contribution in [0.4, 0.5) is 24.0 Å². The van der Waals surface area contributed by atoms with Crippen molar-refractivity contribution in [1.82, 2.24) is 9.88 Å². The van der Waals surface area contributed by atoms with E-state index in [1.165, 1.54) is 28.7 Å². The molecule has 2 aromatic heterocycles. The molecule has 176 valence electrons. The molecule has 0 radical (unpaired) electrons. The number of nitrogens with one attached hydrogen (secondary N) is 1. The minimum Gasteiger partial charge on any atom is -0.354 e. The number of nitriles is 1. The van der Waals surface area contributed by atoms with Crippen molar-refractivity contribution in [3.8, 4) is 6.07 Å². The van der Waals surface area contributed by atoms with Crippen LogP contribution < -0.4 is 10.2 Å². The van der Waals surface area contributed by atoms with Crippen molar-refractivity contribution < 1.29 is 18.0 Å². The summed E-state index contributed by atoms with van der Waals surface area (Å²) >= 11 is 1.52. The van der Waals surface area contributed by atoms with Crippen LogP contribution in [0.2, 0.25) is 0 Å². The number of amides is 1. The van der Waals surface area contributed by atoms with Crippen molar-refractivity contribution in [2.24, 2.45) is 0 Å². The lowest BCUT2D eigenvalue weighted by atomic mass is 10.1. The molecule has 1 amide bonds. The molecule has 6 nitrogen and oxygen atoms in total. The van der Waals surface area contributed by atoms with Crippen LogP contribution in [0.25, 0.3) is 0 Å². The Labute approximate surface area is 195 Å². The molecule has 1 unspecified atom stereocenters. The van der Waals surface area contributed by atoms with Gasteiger partial charge in [-0.2, -0.15) is 18.4 Å². The van der Waals surface area contributed by atoms with Crippen molar-refractivity contribution in [3.63, 3.8) is 0 Å². The largest absolute Gasteiger partial charge is 0.417 e. The predicted octanol–water partition coefficient (Wildman–Crippen LogP) is 4.45. The molecule has 10 heteroatoms. The number of aromatic nitrogens is 1. The molecule has 1 saturated heterocycles. The Hall–Kier alpha value is -2.64. The summed E-state index contributed by atoms with van der Waals surface area (Å²) in [5, 5.41) is 13.3. The molecule has 1 N–H and O–H groups in total. The highest BCUT2D eigenvalue weighted by atomic mass is 32.1. The van der Waals surface area contributed by atoms with Gasteiger partial charge in [-0.3, -0.25) is 9.69 Å². The monoisotopic (exact) mass is 477 g/mol. The van der Waals surface area contributed by atoms with Gasteiger partial charge in [0.25, 0.3) is 0 Å². The zero-order chi connectivity index (χ0) is 23.6. The van der Waals surface area contributed by atoms with Crippen molar-refractivity contribution in [1.29, 1.82) is 5.26 Å². The number of carbonyl (C=O) groups excluding carboxylic acids is 1. The fraction of sp³-hybridized carbons (Fsp3) is 0.522. The first-order chi connectivity index (χ1) is 15.8. The average molecular weight is 478 g/mol. The van der Waals surface area contributed by atoms with Gasteiger partial charge >= 0.3 is 6.18 Å². The van der Waals surface area contributed by atoms with Crippen LogP contribution >= 0.6 is 11.3 Å². The van der Waals surface area contributed by atoms with Gasteiger partial charge in [-0.05, 0) is 50.3 Å². The van der Waals surface area contributed by atoms with E-state index in [1.54, 1.807) is 0 Å². The fourth-order valence-corrected chi connectivity index (χ4v) is 5.65. The maximum absolute atomic E-state index is 13.0. The zero-order valence-electron chi connectivity index (χ0n) is 18.4. The minimum absolute atomic E-state index is 0.149. The summed E-state index contributed by atoms with van der Waals surface area (Å²) in [6, 6.07) is 4.33. The van der Waals surface area contributed by atoms with E-state index in [0.717, 1.165) is 43.5 Å². The van der Waals surface area contributed by atoms with Crippen LogP contribution in [0.5, 0.6) is 0 Å². The predicted molar refractivity (Wildman–Crippen MR) is 121 cm³/mol. The SMILES string of the molecule is CC(C(=O)Nc1sc2c(c1C#N)CCCCC2)N1CCN(c2ccc(C(F)(F)F)cn2)CC1. The van der Waals surface area contributed by atoms with E-state index < -0.39 is 11.7 Å². The molecular weight excluding hydrogens is 451 g/mol. The first-order valence-electron chi connectivity index (χ1n) is 11.2. The van der Waals surface area contributed by atoms with Gasteiger partial charge in [0.05, 0.1) is 17.2 Å². The Kier molecular flexibility index (Phi) is 6.91. The Morgan fingerprint density at radius 3 is 2.55 bits per heavy atom. The van der Waals surface area contributed by atoms with Crippen LogP contribution in [-0.2, 0) is 23.8 Å². The lowest BCUT2D eigenvalue weighted by molar-refractivity contribution is -0.137. The van der Waals surface area contributed by atoms with Gasteiger partial charge in [0.1, 0.15) is 16.9 Å². The third-order valence-electron chi connectivity index (χ3n) is 6.41. The Morgan fingerprint density at radius 2 is 1.91 bits per heavy atom. The second kappa shape index (κ2) is 9.69. The molecule has 33 heavy (non-hydrogen) atoms. The number of fused-ring (bicyclic) bond motifs is 1. The summed E-state index contributed by atoms with van der Waals surface area (Å²) in [6.45, 7) is 4.14. The number of pyridine rings is 1. The van der Waals surface area contributed by atoms with Crippen molar-refractivity contribution in [3.05, 3.63) is 39.9 Å². The average Bonchev–Trinajstić information content (AvgIpc) is 2.96. The van der Waals surface area contributed by atoms with E-state index in [-0.39, 0.29) is 11.9 Å². The van der Waals surface area contributed by atoms with E-state index in [9.17, 15) is 23.2 Å². The third kappa shape index (κ3) is 5.14. The van der Waals surface area contributed by atoms with Gasteiger partial charge in [0.15, 0.2) is 0 Å². The molecule has 0 saturated carbocycles. The maximum Gasteiger partial charge on any atom is 0.417 e. The molecule has 1 atom stereocenters. The summed E-state index contributed by atoms with van der Waals surface area (Å²) in [5.41, 5.74) is 0.939. The van der Waals surface area contributed by atoms with Crippen LogP contribution in [-0.4, -0.2) is 48.0 Å². The van der Waals surface area contributed by atoms with Gasteiger partial charge in [-0.25, -0.2) is 4.98 Å².